The highest BCUT2D eigenvalue weighted by atomic mass is 15.0. The molecule has 0 rings (SSSR count). The maximum Gasteiger partial charge on any atom is 0.177 e. The molecule has 64 valence electrons. The number of nitrogens with zero attached hydrogens (tertiary/aromatic N) is 3. The molecule has 0 amide bonds. The lowest BCUT2D eigenvalue weighted by molar-refractivity contribution is 1.18. The summed E-state index contributed by atoms with van der Waals surface area (Å²) in [6.07, 6.45) is 4.89. The molecule has 0 heterocycles. The molecule has 0 N–H and O–H groups in total. The van der Waals surface area contributed by atoms with Gasteiger partial charge in [-0.05, 0) is 26.6 Å². The van der Waals surface area contributed by atoms with E-state index in [1.54, 1.807) is 18.5 Å². The highest BCUT2D eigenvalue weighted by Gasteiger charge is 1.95. The molecule has 0 aromatic heterocycles. The Morgan fingerprint density at radius 1 is 1.17 bits per heavy atom. The highest BCUT2D eigenvalue weighted by molar-refractivity contribution is 5.59. The molecule has 0 unspecified atom stereocenters. The lowest BCUT2D eigenvalue weighted by Gasteiger charge is -1.95. The molecule has 0 aromatic carbocycles. The topological polar surface area (TPSA) is 37.1 Å². The van der Waals surface area contributed by atoms with Crippen LogP contribution in [0.4, 0.5) is 0 Å². The van der Waals surface area contributed by atoms with Gasteiger partial charge in [0.2, 0.25) is 0 Å². The summed E-state index contributed by atoms with van der Waals surface area (Å²) in [7, 11) is 0. The Morgan fingerprint density at radius 3 is 2.08 bits per heavy atom. The summed E-state index contributed by atoms with van der Waals surface area (Å²) in [4.78, 5) is 11.7. The number of rotatable bonds is 4. The smallest absolute Gasteiger partial charge is 0.177 e. The Kier molecular flexibility index (Phi) is 5.43. The molecule has 3 nitrogen and oxygen atoms in total. The first-order valence-corrected chi connectivity index (χ1v) is 3.61. The lowest BCUT2D eigenvalue weighted by Crippen LogP contribution is -1.81. The van der Waals surface area contributed by atoms with Crippen molar-refractivity contribution in [3.8, 4) is 0 Å². The summed E-state index contributed by atoms with van der Waals surface area (Å²) in [6.45, 7) is 10.6. The Bertz CT molecular complexity index is 220. The summed E-state index contributed by atoms with van der Waals surface area (Å²) in [6, 6.07) is 0. The van der Waals surface area contributed by atoms with Crippen molar-refractivity contribution in [1.82, 2.24) is 0 Å². The zero-order valence-electron chi connectivity index (χ0n) is 7.49. The van der Waals surface area contributed by atoms with E-state index in [0.29, 0.717) is 11.5 Å². The van der Waals surface area contributed by atoms with Gasteiger partial charge in [-0.3, -0.25) is 4.99 Å². The number of allylic oxidation sites excluding steroid dienone is 1. The normalized spacial score (nSPS) is 13.5. The van der Waals surface area contributed by atoms with E-state index >= 15 is 0 Å². The van der Waals surface area contributed by atoms with Crippen LogP contribution in [-0.4, -0.2) is 19.1 Å². The molecule has 12 heavy (non-hydrogen) atoms. The van der Waals surface area contributed by atoms with Crippen LogP contribution in [0.3, 0.4) is 0 Å². The molecule has 3 heteroatoms. The van der Waals surface area contributed by atoms with Gasteiger partial charge in [-0.25, -0.2) is 9.98 Å². The standard InChI is InChI=1S/C9H13N3/c1-5-8(11-6-2)9(10-4)12-7-3/h5-7H,1,4H2,2-3H3/b9-8+,11-6?,12-7?. The van der Waals surface area contributed by atoms with Crippen molar-refractivity contribution in [3.63, 3.8) is 0 Å². The number of aliphatic imine (C=N–C) groups is 3. The fourth-order valence-electron chi connectivity index (χ4n) is 0.651. The van der Waals surface area contributed by atoms with Crippen molar-refractivity contribution in [2.75, 3.05) is 0 Å². The van der Waals surface area contributed by atoms with Crippen LogP contribution in [0.2, 0.25) is 0 Å². The summed E-state index contributed by atoms with van der Waals surface area (Å²) in [5.41, 5.74) is 0.630. The third-order valence-corrected chi connectivity index (χ3v) is 1.09. The third-order valence-electron chi connectivity index (χ3n) is 1.09. The van der Waals surface area contributed by atoms with Crippen molar-refractivity contribution in [2.24, 2.45) is 15.0 Å². The predicted octanol–water partition coefficient (Wildman–Crippen LogP) is 2.22. The summed E-state index contributed by atoms with van der Waals surface area (Å²) >= 11 is 0. The van der Waals surface area contributed by atoms with Crippen LogP contribution in [0.5, 0.6) is 0 Å². The molecular formula is C9H13N3. The van der Waals surface area contributed by atoms with Crippen LogP contribution in [-0.2, 0) is 0 Å². The van der Waals surface area contributed by atoms with E-state index < -0.39 is 0 Å². The molecule has 0 fully saturated rings. The van der Waals surface area contributed by atoms with Gasteiger partial charge in [-0.2, -0.15) is 0 Å². The van der Waals surface area contributed by atoms with E-state index in [2.05, 4.69) is 28.3 Å². The largest absolute Gasteiger partial charge is 0.258 e. The van der Waals surface area contributed by atoms with Crippen LogP contribution in [0.25, 0.3) is 0 Å². The zero-order chi connectivity index (χ0) is 9.40. The van der Waals surface area contributed by atoms with Crippen LogP contribution < -0.4 is 0 Å². The second-order valence-corrected chi connectivity index (χ2v) is 1.85. The van der Waals surface area contributed by atoms with Gasteiger partial charge in [0.15, 0.2) is 5.82 Å². The Balaban J connectivity index is 4.98. The van der Waals surface area contributed by atoms with E-state index in [1.807, 2.05) is 13.8 Å². The van der Waals surface area contributed by atoms with E-state index in [9.17, 15) is 0 Å². The predicted molar refractivity (Wildman–Crippen MR) is 55.1 cm³/mol. The van der Waals surface area contributed by atoms with Crippen molar-refractivity contribution in [2.45, 2.75) is 13.8 Å². The van der Waals surface area contributed by atoms with Gasteiger partial charge in [-0.1, -0.05) is 6.58 Å². The summed E-state index contributed by atoms with van der Waals surface area (Å²) < 4.78 is 0. The maximum absolute atomic E-state index is 4.02. The van der Waals surface area contributed by atoms with Gasteiger partial charge in [0.1, 0.15) is 5.70 Å². The van der Waals surface area contributed by atoms with E-state index in [-0.39, 0.29) is 0 Å². The molecule has 0 aliphatic carbocycles. The first-order valence-electron chi connectivity index (χ1n) is 3.61. The Hall–Kier alpha value is -1.51. The van der Waals surface area contributed by atoms with Crippen molar-refractivity contribution < 1.29 is 0 Å². The third kappa shape index (κ3) is 3.05. The fraction of sp³-hybridized carbons (Fsp3) is 0.222. The first-order chi connectivity index (χ1) is 5.79. The van der Waals surface area contributed by atoms with Gasteiger partial charge in [0.25, 0.3) is 0 Å². The minimum absolute atomic E-state index is 0.491. The van der Waals surface area contributed by atoms with Crippen molar-refractivity contribution in [3.05, 3.63) is 24.2 Å². The van der Waals surface area contributed by atoms with Gasteiger partial charge >= 0.3 is 0 Å². The molecule has 0 bridgehead atoms. The van der Waals surface area contributed by atoms with E-state index in [4.69, 9.17) is 0 Å². The molecule has 0 atom stereocenters. The SMILES string of the molecule is C=C/C(N=CC)=C(/N=C)N=CC. The zero-order valence-corrected chi connectivity index (χ0v) is 7.49. The minimum Gasteiger partial charge on any atom is -0.258 e. The van der Waals surface area contributed by atoms with Crippen LogP contribution in [0.15, 0.2) is 39.2 Å². The van der Waals surface area contributed by atoms with Crippen LogP contribution >= 0.6 is 0 Å². The molecule has 0 aromatic rings. The second kappa shape index (κ2) is 6.22. The average molecular weight is 163 g/mol. The molecule has 0 spiro atoms. The van der Waals surface area contributed by atoms with Gasteiger partial charge < -0.3 is 0 Å². The van der Waals surface area contributed by atoms with Crippen LogP contribution in [0, 0.1) is 0 Å². The lowest BCUT2D eigenvalue weighted by atomic mass is 10.4. The molecule has 0 saturated carbocycles. The average Bonchev–Trinajstić information content (AvgIpc) is 2.11. The van der Waals surface area contributed by atoms with E-state index in [0.717, 1.165) is 0 Å². The second-order valence-electron chi connectivity index (χ2n) is 1.85. The van der Waals surface area contributed by atoms with Crippen LogP contribution in [0.1, 0.15) is 13.8 Å². The van der Waals surface area contributed by atoms with E-state index in [1.165, 1.54) is 0 Å². The fourth-order valence-corrected chi connectivity index (χ4v) is 0.651. The minimum atomic E-state index is 0.491. The van der Waals surface area contributed by atoms with Crippen molar-refractivity contribution in [1.29, 1.82) is 0 Å². The quantitative estimate of drug-likeness (QED) is 0.450. The van der Waals surface area contributed by atoms with Gasteiger partial charge in [0.05, 0.1) is 0 Å². The monoisotopic (exact) mass is 163 g/mol. The Morgan fingerprint density at radius 2 is 1.75 bits per heavy atom. The molecule has 0 aliphatic rings. The Labute approximate surface area is 73.0 Å². The molecule has 0 radical (unpaired) electrons. The highest BCUT2D eigenvalue weighted by Crippen LogP contribution is 2.08. The molecular weight excluding hydrogens is 150 g/mol. The summed E-state index contributed by atoms with van der Waals surface area (Å²) in [5, 5.41) is 0. The number of hydrogen-bond acceptors (Lipinski definition) is 3. The molecule has 0 aliphatic heterocycles. The number of hydrogen-bond donors (Lipinski definition) is 0. The van der Waals surface area contributed by atoms with Gasteiger partial charge in [-0.15, -0.1) is 0 Å². The van der Waals surface area contributed by atoms with Crippen molar-refractivity contribution >= 4 is 19.1 Å². The summed E-state index contributed by atoms with van der Waals surface area (Å²) in [5.74, 6) is 0.491. The first kappa shape index (κ1) is 10.5. The van der Waals surface area contributed by atoms with Gasteiger partial charge in [0, 0.05) is 12.4 Å². The molecule has 0 saturated heterocycles. The maximum atomic E-state index is 4.02.